The molecule has 4 rings (SSSR count). The first kappa shape index (κ1) is 20.8. The van der Waals surface area contributed by atoms with E-state index in [0.717, 1.165) is 35.2 Å². The lowest BCUT2D eigenvalue weighted by molar-refractivity contribution is -0.144. The number of benzene rings is 1. The molecule has 0 bridgehead atoms. The van der Waals surface area contributed by atoms with E-state index in [0.29, 0.717) is 22.1 Å². The summed E-state index contributed by atoms with van der Waals surface area (Å²) in [4.78, 5) is 31.8. The minimum absolute atomic E-state index is 0.148. The van der Waals surface area contributed by atoms with Crippen molar-refractivity contribution in [2.24, 2.45) is 5.92 Å². The molecule has 154 valence electrons. The summed E-state index contributed by atoms with van der Waals surface area (Å²) in [5, 5.41) is 9.44. The summed E-state index contributed by atoms with van der Waals surface area (Å²) in [7, 11) is 0. The molecule has 5 nitrogen and oxygen atoms in total. The van der Waals surface area contributed by atoms with Gasteiger partial charge >= 0.3 is 5.97 Å². The first-order chi connectivity index (χ1) is 14.5. The van der Waals surface area contributed by atoms with Crippen LogP contribution in [0.1, 0.15) is 42.5 Å². The number of carboxylic acids is 1. The Morgan fingerprint density at radius 1 is 1.20 bits per heavy atom. The zero-order valence-electron chi connectivity index (χ0n) is 16.6. The van der Waals surface area contributed by atoms with Gasteiger partial charge in [-0.2, -0.15) is 0 Å². The molecular weight excluding hydrogens is 416 g/mol. The molecule has 1 saturated heterocycles. The average Bonchev–Trinajstić information content (AvgIpc) is 3.04. The number of nitrogens with zero attached hydrogens (tertiary/aromatic N) is 2. The van der Waals surface area contributed by atoms with Gasteiger partial charge in [0, 0.05) is 17.8 Å². The molecule has 1 aromatic heterocycles. The van der Waals surface area contributed by atoms with E-state index in [4.69, 9.17) is 12.2 Å². The SMILES string of the molecule is Cc1ccccc1C(=C1SC(=S)N(C2CCCC(C(=O)O)C2)C1=O)c1ccccn1. The van der Waals surface area contributed by atoms with Crippen molar-refractivity contribution < 1.29 is 14.7 Å². The Bertz CT molecular complexity index is 1040. The molecule has 7 heteroatoms. The number of thioether (sulfide) groups is 1. The number of amides is 1. The molecule has 0 spiro atoms. The van der Waals surface area contributed by atoms with Gasteiger partial charge in [-0.05, 0) is 49.4 Å². The topological polar surface area (TPSA) is 70.5 Å². The van der Waals surface area contributed by atoms with Crippen molar-refractivity contribution >= 4 is 45.7 Å². The highest BCUT2D eigenvalue weighted by Crippen LogP contribution is 2.43. The van der Waals surface area contributed by atoms with Crippen LogP contribution in [-0.4, -0.2) is 37.2 Å². The van der Waals surface area contributed by atoms with E-state index in [1.54, 1.807) is 11.1 Å². The maximum Gasteiger partial charge on any atom is 0.306 e. The smallest absolute Gasteiger partial charge is 0.306 e. The molecule has 1 aromatic carbocycles. The number of aliphatic carboxylic acids is 1. The summed E-state index contributed by atoms with van der Waals surface area (Å²) < 4.78 is 0.494. The third kappa shape index (κ3) is 3.91. The fourth-order valence-corrected chi connectivity index (χ4v) is 5.70. The summed E-state index contributed by atoms with van der Waals surface area (Å²) in [5.74, 6) is -1.37. The van der Waals surface area contributed by atoms with Crippen molar-refractivity contribution in [2.75, 3.05) is 0 Å². The molecule has 1 saturated carbocycles. The van der Waals surface area contributed by atoms with Gasteiger partial charge in [-0.3, -0.25) is 19.5 Å². The molecule has 2 unspecified atom stereocenters. The summed E-state index contributed by atoms with van der Waals surface area (Å²) >= 11 is 6.89. The van der Waals surface area contributed by atoms with Crippen molar-refractivity contribution in [3.8, 4) is 0 Å². The predicted molar refractivity (Wildman–Crippen MR) is 122 cm³/mol. The molecule has 2 fully saturated rings. The summed E-state index contributed by atoms with van der Waals surface area (Å²) in [6, 6.07) is 13.4. The molecule has 0 radical (unpaired) electrons. The van der Waals surface area contributed by atoms with E-state index in [9.17, 15) is 14.7 Å². The summed E-state index contributed by atoms with van der Waals surface area (Å²) in [5.41, 5.74) is 3.49. The third-order valence-electron chi connectivity index (χ3n) is 5.72. The third-order valence-corrected chi connectivity index (χ3v) is 7.12. The monoisotopic (exact) mass is 438 g/mol. The number of aromatic nitrogens is 1. The molecule has 2 heterocycles. The van der Waals surface area contributed by atoms with E-state index in [2.05, 4.69) is 4.98 Å². The number of carboxylic acid groups (broad SMARTS) is 1. The second-order valence-corrected chi connectivity index (χ2v) is 9.28. The van der Waals surface area contributed by atoms with Crippen LogP contribution in [-0.2, 0) is 9.59 Å². The number of aryl methyl sites for hydroxylation is 1. The van der Waals surface area contributed by atoms with E-state index >= 15 is 0 Å². The number of pyridine rings is 1. The van der Waals surface area contributed by atoms with Gasteiger partial charge in [0.25, 0.3) is 5.91 Å². The Kier molecular flexibility index (Phi) is 6.01. The highest BCUT2D eigenvalue weighted by Gasteiger charge is 2.42. The van der Waals surface area contributed by atoms with Gasteiger partial charge in [-0.1, -0.05) is 60.7 Å². The first-order valence-corrected chi connectivity index (χ1v) is 11.2. The van der Waals surface area contributed by atoms with Gasteiger partial charge in [-0.15, -0.1) is 0 Å². The van der Waals surface area contributed by atoms with Crippen LogP contribution in [0.15, 0.2) is 53.6 Å². The lowest BCUT2D eigenvalue weighted by atomic mass is 9.85. The van der Waals surface area contributed by atoms with Gasteiger partial charge in [0.1, 0.15) is 4.32 Å². The normalized spacial score (nSPS) is 23.6. The standard InChI is InChI=1S/C23H22N2O3S2/c1-14-7-2-3-10-17(14)19(18-11-4-5-12-24-18)20-21(26)25(23(29)30-20)16-9-6-8-15(13-16)22(27)28/h2-5,7,10-12,15-16H,6,8-9,13H2,1H3,(H,27,28). The fraction of sp³-hybridized carbons (Fsp3) is 0.304. The van der Waals surface area contributed by atoms with E-state index in [-0.39, 0.29) is 11.9 Å². The van der Waals surface area contributed by atoms with E-state index in [1.165, 1.54) is 11.8 Å². The maximum atomic E-state index is 13.6. The van der Waals surface area contributed by atoms with E-state index < -0.39 is 11.9 Å². The molecule has 2 aromatic rings. The molecule has 1 N–H and O–H groups in total. The van der Waals surface area contributed by atoms with Crippen LogP contribution in [0, 0.1) is 12.8 Å². The molecule has 1 amide bonds. The average molecular weight is 439 g/mol. The molecule has 2 atom stereocenters. The molecular formula is C23H22N2O3S2. The Labute approximate surface area is 185 Å². The Balaban J connectivity index is 1.78. The lowest BCUT2D eigenvalue weighted by Gasteiger charge is -2.33. The molecule has 1 aliphatic carbocycles. The van der Waals surface area contributed by atoms with Crippen molar-refractivity contribution in [1.82, 2.24) is 9.88 Å². The van der Waals surface area contributed by atoms with Crippen LogP contribution in [0.2, 0.25) is 0 Å². The van der Waals surface area contributed by atoms with Crippen LogP contribution >= 0.6 is 24.0 Å². The van der Waals surface area contributed by atoms with Gasteiger partial charge in [0.05, 0.1) is 16.5 Å². The van der Waals surface area contributed by atoms with Crippen molar-refractivity contribution in [3.05, 3.63) is 70.4 Å². The summed E-state index contributed by atoms with van der Waals surface area (Å²) in [6.45, 7) is 2.01. The minimum Gasteiger partial charge on any atom is -0.481 e. The highest BCUT2D eigenvalue weighted by molar-refractivity contribution is 8.26. The minimum atomic E-state index is -0.797. The van der Waals surface area contributed by atoms with Crippen LogP contribution in [0.25, 0.3) is 5.57 Å². The quantitative estimate of drug-likeness (QED) is 0.553. The number of hydrogen-bond donors (Lipinski definition) is 1. The maximum absolute atomic E-state index is 13.6. The first-order valence-electron chi connectivity index (χ1n) is 9.97. The molecule has 2 aliphatic rings. The Morgan fingerprint density at radius 2 is 1.97 bits per heavy atom. The molecule has 30 heavy (non-hydrogen) atoms. The van der Waals surface area contributed by atoms with Crippen LogP contribution in [0.5, 0.6) is 0 Å². The lowest BCUT2D eigenvalue weighted by Crippen LogP contribution is -2.42. The van der Waals surface area contributed by atoms with Crippen LogP contribution in [0.3, 0.4) is 0 Å². The van der Waals surface area contributed by atoms with Gasteiger partial charge < -0.3 is 5.11 Å². The highest BCUT2D eigenvalue weighted by atomic mass is 32.2. The number of carbonyl (C=O) groups excluding carboxylic acids is 1. The predicted octanol–water partition coefficient (Wildman–Crippen LogP) is 4.65. The second kappa shape index (κ2) is 8.70. The summed E-state index contributed by atoms with van der Waals surface area (Å²) in [6.07, 6.45) is 4.36. The van der Waals surface area contributed by atoms with Crippen LogP contribution in [0.4, 0.5) is 0 Å². The number of hydrogen-bond acceptors (Lipinski definition) is 5. The number of thiocarbonyl (C=S) groups is 1. The Hall–Kier alpha value is -2.51. The zero-order chi connectivity index (χ0) is 21.3. The second-order valence-electron chi connectivity index (χ2n) is 7.63. The van der Waals surface area contributed by atoms with E-state index in [1.807, 2.05) is 49.4 Å². The van der Waals surface area contributed by atoms with Crippen LogP contribution < -0.4 is 0 Å². The van der Waals surface area contributed by atoms with Gasteiger partial charge in [0.2, 0.25) is 0 Å². The number of rotatable bonds is 4. The largest absolute Gasteiger partial charge is 0.481 e. The Morgan fingerprint density at radius 3 is 2.67 bits per heavy atom. The zero-order valence-corrected chi connectivity index (χ0v) is 18.2. The molecule has 1 aliphatic heterocycles. The van der Waals surface area contributed by atoms with Crippen molar-refractivity contribution in [2.45, 2.75) is 38.6 Å². The van der Waals surface area contributed by atoms with Gasteiger partial charge in [0.15, 0.2) is 0 Å². The fourth-order valence-electron chi connectivity index (χ4n) is 4.21. The number of carbonyl (C=O) groups is 2. The van der Waals surface area contributed by atoms with Crippen molar-refractivity contribution in [3.63, 3.8) is 0 Å². The van der Waals surface area contributed by atoms with Crippen molar-refractivity contribution in [1.29, 1.82) is 0 Å². The van der Waals surface area contributed by atoms with Gasteiger partial charge in [-0.25, -0.2) is 0 Å².